The molecule has 3 rings (SSSR count). The highest BCUT2D eigenvalue weighted by Crippen LogP contribution is 2.35. The summed E-state index contributed by atoms with van der Waals surface area (Å²) in [6, 6.07) is 12.3. The Labute approximate surface area is 161 Å². The van der Waals surface area contributed by atoms with Crippen LogP contribution in [0.4, 0.5) is 0 Å². The smallest absolute Gasteiger partial charge is 0.204 e. The highest BCUT2D eigenvalue weighted by molar-refractivity contribution is 6.08. The number of fused-ring (bicyclic) bond motifs is 1. The Hall–Kier alpha value is -2.69. The lowest BCUT2D eigenvalue weighted by molar-refractivity contribution is 0.371. The molecule has 1 aromatic heterocycles. The molecule has 3 aromatic rings. The Morgan fingerprint density at radius 2 is 1.78 bits per heavy atom. The Bertz CT molecular complexity index is 929. The second-order valence-corrected chi connectivity index (χ2v) is 5.91. The van der Waals surface area contributed by atoms with Crippen molar-refractivity contribution in [1.82, 2.24) is 0 Å². The highest BCUT2D eigenvalue weighted by Gasteiger charge is 2.14. The maximum absolute atomic E-state index is 12.4. The molecule has 0 aliphatic carbocycles. The van der Waals surface area contributed by atoms with E-state index >= 15 is 0 Å². The summed E-state index contributed by atoms with van der Waals surface area (Å²) < 4.78 is 11.1. The minimum Gasteiger partial charge on any atom is -0.504 e. The molecular formula is C22H25BO4. The van der Waals surface area contributed by atoms with Crippen molar-refractivity contribution in [3.05, 3.63) is 58.3 Å². The van der Waals surface area contributed by atoms with Gasteiger partial charge in [0.05, 0.1) is 20.3 Å². The van der Waals surface area contributed by atoms with Crippen LogP contribution in [-0.4, -0.2) is 20.1 Å². The Kier molecular flexibility index (Phi) is 7.53. The van der Waals surface area contributed by atoms with Crippen LogP contribution in [0.3, 0.4) is 0 Å². The number of aryl methyl sites for hydroxylation is 1. The van der Waals surface area contributed by atoms with Gasteiger partial charge in [-0.15, -0.1) is 0 Å². The number of phenolic OH excluding ortho intramolecular Hbond substituents is 1. The van der Waals surface area contributed by atoms with Crippen LogP contribution in [0.1, 0.15) is 32.3 Å². The van der Waals surface area contributed by atoms with Crippen LogP contribution in [0.2, 0.25) is 6.32 Å². The van der Waals surface area contributed by atoms with Crippen molar-refractivity contribution in [2.75, 3.05) is 7.11 Å². The van der Waals surface area contributed by atoms with E-state index in [-0.39, 0.29) is 22.5 Å². The van der Waals surface area contributed by atoms with Gasteiger partial charge in [-0.05, 0) is 30.5 Å². The van der Waals surface area contributed by atoms with Crippen LogP contribution in [0.15, 0.2) is 51.7 Å². The topological polar surface area (TPSA) is 59.7 Å². The summed E-state index contributed by atoms with van der Waals surface area (Å²) in [6.07, 6.45) is 3.73. The first-order chi connectivity index (χ1) is 13.1. The molecule has 5 heteroatoms. The monoisotopic (exact) mass is 364 g/mol. The molecule has 1 N–H and O–H groups in total. The van der Waals surface area contributed by atoms with Crippen molar-refractivity contribution >= 4 is 18.8 Å². The summed E-state index contributed by atoms with van der Waals surface area (Å²) in [5.41, 5.74) is 2.08. The molecule has 0 unspecified atom stereocenters. The fourth-order valence-corrected chi connectivity index (χ4v) is 2.83. The largest absolute Gasteiger partial charge is 0.504 e. The summed E-state index contributed by atoms with van der Waals surface area (Å²) in [5, 5.41) is 10.3. The van der Waals surface area contributed by atoms with Gasteiger partial charge in [0.15, 0.2) is 16.8 Å². The fourth-order valence-electron chi connectivity index (χ4n) is 2.83. The zero-order chi connectivity index (χ0) is 19.8. The molecular weight excluding hydrogens is 339 g/mol. The van der Waals surface area contributed by atoms with E-state index in [0.717, 1.165) is 24.8 Å². The molecule has 4 nitrogen and oxygen atoms in total. The summed E-state index contributed by atoms with van der Waals surface area (Å²) in [4.78, 5) is 12.4. The SMILES string of the molecule is CC.[B]CCCCc1ccc(-c2cc(=O)c3ccc(O)c(OC)c3o2)cc1. The zero-order valence-electron chi connectivity index (χ0n) is 16.1. The van der Waals surface area contributed by atoms with Crippen LogP contribution in [0.25, 0.3) is 22.3 Å². The molecule has 1 heterocycles. The number of ether oxygens (including phenoxy) is 1. The molecule has 0 atom stereocenters. The number of aromatic hydroxyl groups is 1. The minimum atomic E-state index is -0.179. The average Bonchev–Trinajstić information content (AvgIpc) is 2.70. The summed E-state index contributed by atoms with van der Waals surface area (Å²) in [6.45, 7) is 4.00. The number of hydrogen-bond acceptors (Lipinski definition) is 4. The third kappa shape index (κ3) is 4.73. The zero-order valence-corrected chi connectivity index (χ0v) is 16.1. The maximum atomic E-state index is 12.4. The first-order valence-corrected chi connectivity index (χ1v) is 9.27. The van der Waals surface area contributed by atoms with E-state index in [2.05, 4.69) is 0 Å². The van der Waals surface area contributed by atoms with Gasteiger partial charge < -0.3 is 14.3 Å². The summed E-state index contributed by atoms with van der Waals surface area (Å²) in [7, 11) is 6.94. The van der Waals surface area contributed by atoms with Gasteiger partial charge >= 0.3 is 0 Å². The molecule has 0 spiro atoms. The van der Waals surface area contributed by atoms with Gasteiger partial charge in [0.25, 0.3) is 0 Å². The molecule has 0 amide bonds. The minimum absolute atomic E-state index is 0.0643. The van der Waals surface area contributed by atoms with Gasteiger partial charge in [0.1, 0.15) is 5.76 Å². The molecule has 0 bridgehead atoms. The standard InChI is InChI=1S/C20H19BO4.C2H6/c1-24-20-16(22)10-9-15-17(23)12-18(25-19(15)20)14-7-5-13(6-8-14)4-2-3-11-21;1-2/h5-10,12,22H,2-4,11H2,1H3;1-2H3. The van der Waals surface area contributed by atoms with Crippen LogP contribution < -0.4 is 10.2 Å². The highest BCUT2D eigenvalue weighted by atomic mass is 16.5. The number of rotatable bonds is 6. The second kappa shape index (κ2) is 9.86. The maximum Gasteiger partial charge on any atom is 0.204 e. The lowest BCUT2D eigenvalue weighted by Crippen LogP contribution is -2.01. The van der Waals surface area contributed by atoms with Crippen molar-refractivity contribution in [1.29, 1.82) is 0 Å². The van der Waals surface area contributed by atoms with Gasteiger partial charge in [-0.25, -0.2) is 0 Å². The number of hydrogen-bond donors (Lipinski definition) is 1. The number of unbranched alkanes of at least 4 members (excludes halogenated alkanes) is 1. The van der Waals surface area contributed by atoms with E-state index in [4.69, 9.17) is 17.0 Å². The first kappa shape index (κ1) is 20.6. The number of phenols is 1. The molecule has 27 heavy (non-hydrogen) atoms. The number of benzene rings is 2. The van der Waals surface area contributed by atoms with Crippen molar-refractivity contribution in [2.45, 2.75) is 39.4 Å². The van der Waals surface area contributed by atoms with Crippen LogP contribution in [-0.2, 0) is 6.42 Å². The quantitative estimate of drug-likeness (QED) is 0.488. The average molecular weight is 364 g/mol. The lowest BCUT2D eigenvalue weighted by Gasteiger charge is -2.09. The first-order valence-electron chi connectivity index (χ1n) is 9.27. The molecule has 0 aliphatic rings. The molecule has 0 saturated heterocycles. The van der Waals surface area contributed by atoms with Crippen molar-refractivity contribution in [2.24, 2.45) is 0 Å². The Balaban J connectivity index is 0.00000126. The van der Waals surface area contributed by atoms with Gasteiger partial charge in [-0.2, -0.15) is 0 Å². The number of methoxy groups -OCH3 is 1. The van der Waals surface area contributed by atoms with Crippen LogP contribution in [0, 0.1) is 0 Å². The summed E-state index contributed by atoms with van der Waals surface area (Å²) in [5.74, 6) is 0.537. The van der Waals surface area contributed by atoms with Crippen molar-refractivity contribution in [3.63, 3.8) is 0 Å². The fraction of sp³-hybridized carbons (Fsp3) is 0.318. The third-order valence-corrected chi connectivity index (χ3v) is 4.19. The predicted octanol–water partition coefficient (Wildman–Crippen LogP) is 5.11. The Morgan fingerprint density at radius 1 is 1.07 bits per heavy atom. The van der Waals surface area contributed by atoms with Crippen LogP contribution in [0.5, 0.6) is 11.5 Å². The molecule has 0 saturated carbocycles. The predicted molar refractivity (Wildman–Crippen MR) is 111 cm³/mol. The Morgan fingerprint density at radius 3 is 2.41 bits per heavy atom. The summed E-state index contributed by atoms with van der Waals surface area (Å²) >= 11 is 0. The molecule has 2 aromatic carbocycles. The molecule has 2 radical (unpaired) electrons. The van der Waals surface area contributed by atoms with Crippen molar-refractivity contribution < 1.29 is 14.3 Å². The van der Waals surface area contributed by atoms with Crippen molar-refractivity contribution in [3.8, 4) is 22.8 Å². The van der Waals surface area contributed by atoms with E-state index in [1.54, 1.807) is 0 Å². The molecule has 0 fully saturated rings. The molecule has 0 aliphatic heterocycles. The van der Waals surface area contributed by atoms with E-state index < -0.39 is 0 Å². The normalized spacial score (nSPS) is 10.3. The van der Waals surface area contributed by atoms with E-state index in [1.165, 1.54) is 30.9 Å². The van der Waals surface area contributed by atoms with Crippen LogP contribution >= 0.6 is 0 Å². The molecule has 140 valence electrons. The van der Waals surface area contributed by atoms with Gasteiger partial charge in [-0.1, -0.05) is 50.9 Å². The lowest BCUT2D eigenvalue weighted by atomic mass is 9.97. The second-order valence-electron chi connectivity index (χ2n) is 5.91. The third-order valence-electron chi connectivity index (χ3n) is 4.19. The van der Waals surface area contributed by atoms with Gasteiger partial charge in [-0.3, -0.25) is 4.79 Å². The van der Waals surface area contributed by atoms with E-state index in [9.17, 15) is 9.90 Å². The van der Waals surface area contributed by atoms with E-state index in [0.29, 0.717) is 17.5 Å². The van der Waals surface area contributed by atoms with Gasteiger partial charge in [0.2, 0.25) is 5.75 Å². The van der Waals surface area contributed by atoms with Gasteiger partial charge in [0, 0.05) is 11.6 Å². The van der Waals surface area contributed by atoms with E-state index in [1.807, 2.05) is 38.1 Å².